The second-order valence-corrected chi connectivity index (χ2v) is 5.18. The van der Waals surface area contributed by atoms with Crippen LogP contribution in [0.3, 0.4) is 0 Å². The van der Waals surface area contributed by atoms with Crippen LogP contribution in [0.15, 0.2) is 48.5 Å². The largest absolute Gasteiger partial charge is 0.497 e. The van der Waals surface area contributed by atoms with Gasteiger partial charge in [-0.2, -0.15) is 0 Å². The van der Waals surface area contributed by atoms with Crippen LogP contribution in [-0.4, -0.2) is 23.9 Å². The third-order valence-electron chi connectivity index (χ3n) is 3.11. The Bertz CT molecular complexity index is 742. The number of ether oxygens (including phenoxy) is 1. The summed E-state index contributed by atoms with van der Waals surface area (Å²) in [5.41, 5.74) is 1.67. The van der Waals surface area contributed by atoms with Gasteiger partial charge in [-0.3, -0.25) is 14.9 Å². The van der Waals surface area contributed by atoms with Gasteiger partial charge >= 0.3 is 0 Å². The van der Waals surface area contributed by atoms with Crippen molar-refractivity contribution in [1.82, 2.24) is 5.32 Å². The summed E-state index contributed by atoms with van der Waals surface area (Å²) in [4.78, 5) is 23.4. The van der Waals surface area contributed by atoms with Gasteiger partial charge in [0.15, 0.2) is 10.9 Å². The molecule has 118 valence electrons. The van der Waals surface area contributed by atoms with E-state index in [-0.39, 0.29) is 16.8 Å². The molecule has 0 aliphatic rings. The van der Waals surface area contributed by atoms with Gasteiger partial charge in [-0.1, -0.05) is 12.1 Å². The molecule has 0 unspecified atom stereocenters. The Labute approximate surface area is 139 Å². The molecule has 2 N–H and O–H groups in total. The molecule has 6 heteroatoms. The van der Waals surface area contributed by atoms with Gasteiger partial charge in [-0.15, -0.1) is 0 Å². The van der Waals surface area contributed by atoms with Gasteiger partial charge in [0, 0.05) is 16.8 Å². The predicted molar refractivity (Wildman–Crippen MR) is 93.1 cm³/mol. The highest BCUT2D eigenvalue weighted by Gasteiger charge is 2.08. The Hall–Kier alpha value is -2.73. The first-order chi connectivity index (χ1) is 11.0. The van der Waals surface area contributed by atoms with Crippen molar-refractivity contribution >= 4 is 34.7 Å². The predicted octanol–water partition coefficient (Wildman–Crippen LogP) is 3.02. The molecule has 0 radical (unpaired) electrons. The molecule has 2 rings (SSSR count). The summed E-state index contributed by atoms with van der Waals surface area (Å²) in [6, 6.07) is 13.6. The fourth-order valence-corrected chi connectivity index (χ4v) is 2.11. The van der Waals surface area contributed by atoms with E-state index in [2.05, 4.69) is 10.6 Å². The van der Waals surface area contributed by atoms with Crippen molar-refractivity contribution < 1.29 is 14.3 Å². The fourth-order valence-electron chi connectivity index (χ4n) is 1.90. The monoisotopic (exact) mass is 328 g/mol. The molecule has 0 saturated heterocycles. The summed E-state index contributed by atoms with van der Waals surface area (Å²) in [5, 5.41) is 5.63. The van der Waals surface area contributed by atoms with Gasteiger partial charge in [0.25, 0.3) is 5.91 Å². The van der Waals surface area contributed by atoms with E-state index in [4.69, 9.17) is 17.0 Å². The van der Waals surface area contributed by atoms with E-state index in [0.717, 1.165) is 0 Å². The average molecular weight is 328 g/mol. The number of benzene rings is 2. The standard InChI is InChI=1S/C17H16N2O3S/c1-11(20)13-4-3-5-14(10-13)18-17(23)19-16(21)12-6-8-15(22-2)9-7-12/h3-10H,1-2H3,(H2,18,19,21,23). The van der Waals surface area contributed by atoms with Crippen LogP contribution in [0.1, 0.15) is 27.6 Å². The number of ketones is 1. The first-order valence-corrected chi connectivity index (χ1v) is 7.28. The van der Waals surface area contributed by atoms with E-state index in [1.807, 2.05) is 0 Å². The molecule has 2 aromatic rings. The normalized spacial score (nSPS) is 9.83. The summed E-state index contributed by atoms with van der Waals surface area (Å²) in [6.45, 7) is 1.49. The Balaban J connectivity index is 1.99. The summed E-state index contributed by atoms with van der Waals surface area (Å²) < 4.78 is 5.04. The van der Waals surface area contributed by atoms with E-state index in [1.165, 1.54) is 6.92 Å². The zero-order chi connectivity index (χ0) is 16.8. The highest BCUT2D eigenvalue weighted by atomic mass is 32.1. The van der Waals surface area contributed by atoms with Crippen molar-refractivity contribution in [3.05, 3.63) is 59.7 Å². The van der Waals surface area contributed by atoms with Crippen molar-refractivity contribution in [1.29, 1.82) is 0 Å². The number of hydrogen-bond acceptors (Lipinski definition) is 4. The van der Waals surface area contributed by atoms with E-state index < -0.39 is 0 Å². The Morgan fingerprint density at radius 3 is 2.35 bits per heavy atom. The molecule has 0 aliphatic heterocycles. The fraction of sp³-hybridized carbons (Fsp3) is 0.118. The maximum absolute atomic E-state index is 12.1. The molecule has 0 fully saturated rings. The number of thiocarbonyl (C=S) groups is 1. The third-order valence-corrected chi connectivity index (χ3v) is 3.31. The second-order valence-electron chi connectivity index (χ2n) is 4.77. The second kappa shape index (κ2) is 7.51. The maximum Gasteiger partial charge on any atom is 0.257 e. The lowest BCUT2D eigenvalue weighted by Gasteiger charge is -2.10. The topological polar surface area (TPSA) is 67.4 Å². The van der Waals surface area contributed by atoms with E-state index >= 15 is 0 Å². The van der Waals surface area contributed by atoms with Crippen molar-refractivity contribution in [3.63, 3.8) is 0 Å². The SMILES string of the molecule is COc1ccc(C(=O)NC(=S)Nc2cccc(C(C)=O)c2)cc1. The molecule has 0 atom stereocenters. The Morgan fingerprint density at radius 1 is 1.04 bits per heavy atom. The van der Waals surface area contributed by atoms with Crippen molar-refractivity contribution in [2.45, 2.75) is 6.92 Å². The van der Waals surface area contributed by atoms with Crippen LogP contribution in [0, 0.1) is 0 Å². The molecule has 23 heavy (non-hydrogen) atoms. The number of rotatable bonds is 4. The zero-order valence-corrected chi connectivity index (χ0v) is 13.6. The van der Waals surface area contributed by atoms with Gasteiger partial charge in [-0.05, 0) is 55.5 Å². The minimum Gasteiger partial charge on any atom is -0.497 e. The first-order valence-electron chi connectivity index (χ1n) is 6.87. The van der Waals surface area contributed by atoms with Crippen LogP contribution >= 0.6 is 12.2 Å². The highest BCUT2D eigenvalue weighted by Crippen LogP contribution is 2.12. The summed E-state index contributed by atoms with van der Waals surface area (Å²) in [5.74, 6) is 0.304. The number of carbonyl (C=O) groups is 2. The molecule has 0 spiro atoms. The van der Waals surface area contributed by atoms with Crippen molar-refractivity contribution in [2.24, 2.45) is 0 Å². The maximum atomic E-state index is 12.1. The molecule has 0 aromatic heterocycles. The Kier molecular flexibility index (Phi) is 5.43. The van der Waals surface area contributed by atoms with Crippen LogP contribution in [0.25, 0.3) is 0 Å². The third kappa shape index (κ3) is 4.62. The minimum absolute atomic E-state index is 0.0400. The highest BCUT2D eigenvalue weighted by molar-refractivity contribution is 7.80. The lowest BCUT2D eigenvalue weighted by molar-refractivity contribution is 0.0975. The molecular weight excluding hydrogens is 312 g/mol. The first kappa shape index (κ1) is 16.6. The van der Waals surface area contributed by atoms with Crippen LogP contribution < -0.4 is 15.4 Å². The van der Waals surface area contributed by atoms with Crippen LogP contribution in [-0.2, 0) is 0 Å². The molecule has 2 aromatic carbocycles. The summed E-state index contributed by atoms with van der Waals surface area (Å²) in [7, 11) is 1.56. The minimum atomic E-state index is -0.326. The molecule has 0 saturated carbocycles. The van der Waals surface area contributed by atoms with E-state index in [1.54, 1.807) is 55.6 Å². The number of nitrogens with one attached hydrogen (secondary N) is 2. The van der Waals surface area contributed by atoms with E-state index in [9.17, 15) is 9.59 Å². The summed E-state index contributed by atoms with van der Waals surface area (Å²) in [6.07, 6.45) is 0. The zero-order valence-electron chi connectivity index (χ0n) is 12.8. The van der Waals surface area contributed by atoms with Crippen molar-refractivity contribution in [3.8, 4) is 5.75 Å². The average Bonchev–Trinajstić information content (AvgIpc) is 2.55. The van der Waals surface area contributed by atoms with Gasteiger partial charge in [0.1, 0.15) is 5.75 Å². The van der Waals surface area contributed by atoms with E-state index in [0.29, 0.717) is 22.6 Å². The number of hydrogen-bond donors (Lipinski definition) is 2. The molecule has 1 amide bonds. The van der Waals surface area contributed by atoms with Crippen molar-refractivity contribution in [2.75, 3.05) is 12.4 Å². The number of anilines is 1. The lowest BCUT2D eigenvalue weighted by atomic mass is 10.1. The molecule has 0 aliphatic carbocycles. The van der Waals surface area contributed by atoms with Gasteiger partial charge < -0.3 is 10.1 Å². The van der Waals surface area contributed by atoms with Gasteiger partial charge in [0.05, 0.1) is 7.11 Å². The number of methoxy groups -OCH3 is 1. The Morgan fingerprint density at radius 2 is 1.74 bits per heavy atom. The van der Waals surface area contributed by atoms with Crippen LogP contribution in [0.2, 0.25) is 0 Å². The number of amides is 1. The molecule has 0 bridgehead atoms. The summed E-state index contributed by atoms with van der Waals surface area (Å²) >= 11 is 5.12. The van der Waals surface area contributed by atoms with Crippen LogP contribution in [0.5, 0.6) is 5.75 Å². The number of Topliss-reactive ketones (excluding diaryl/α,β-unsaturated/α-hetero) is 1. The molecular formula is C17H16N2O3S. The van der Waals surface area contributed by atoms with Gasteiger partial charge in [-0.25, -0.2) is 0 Å². The van der Waals surface area contributed by atoms with Crippen LogP contribution in [0.4, 0.5) is 5.69 Å². The quantitative estimate of drug-likeness (QED) is 0.667. The lowest BCUT2D eigenvalue weighted by Crippen LogP contribution is -2.34. The molecule has 5 nitrogen and oxygen atoms in total. The van der Waals surface area contributed by atoms with Gasteiger partial charge in [0.2, 0.25) is 0 Å². The number of carbonyl (C=O) groups excluding carboxylic acids is 2. The smallest absolute Gasteiger partial charge is 0.257 e. The molecule has 0 heterocycles.